The number of hydrogen-bond donors (Lipinski definition) is 0. The van der Waals surface area contributed by atoms with Crippen LogP contribution < -0.4 is 5.56 Å². The van der Waals surface area contributed by atoms with Crippen molar-refractivity contribution in [2.45, 2.75) is 57.7 Å². The lowest BCUT2D eigenvalue weighted by molar-refractivity contribution is 0.211. The Bertz CT molecular complexity index is 1740. The summed E-state index contributed by atoms with van der Waals surface area (Å²) < 4.78 is 147. The molecule has 5 rings (SSSR count). The quantitative estimate of drug-likeness (QED) is 0.639. The Labute approximate surface area is 195 Å². The van der Waals surface area contributed by atoms with Crippen LogP contribution in [0.1, 0.15) is 74.8 Å². The first-order chi connectivity index (χ1) is 20.5. The molecule has 0 amide bonds. The van der Waals surface area contributed by atoms with Crippen LogP contribution in [0.5, 0.6) is 0 Å². The van der Waals surface area contributed by atoms with Crippen molar-refractivity contribution in [3.8, 4) is 0 Å². The molecule has 6 nitrogen and oxygen atoms in total. The van der Waals surface area contributed by atoms with E-state index in [0.717, 1.165) is 0 Å². The summed E-state index contributed by atoms with van der Waals surface area (Å²) in [5, 5.41) is 2.60. The summed E-state index contributed by atoms with van der Waals surface area (Å²) in [6.45, 7) is -10.8. The van der Waals surface area contributed by atoms with Crippen LogP contribution in [-0.2, 0) is 19.4 Å². The van der Waals surface area contributed by atoms with Crippen molar-refractivity contribution in [3.05, 3.63) is 57.1 Å². The van der Waals surface area contributed by atoms with Gasteiger partial charge in [0.05, 0.1) is 9.81 Å². The lowest BCUT2D eigenvalue weighted by Gasteiger charge is -2.31. The van der Waals surface area contributed by atoms with Gasteiger partial charge in [0.15, 0.2) is 5.58 Å². The minimum Gasteiger partial charge on any atom is -0.356 e. The molecule has 0 N–H and O–H groups in total. The van der Waals surface area contributed by atoms with E-state index in [-0.39, 0.29) is 17.3 Å². The molecule has 2 aliphatic rings. The van der Waals surface area contributed by atoms with E-state index in [4.69, 9.17) is 25.1 Å². The predicted molar refractivity (Wildman–Crippen MR) is 112 cm³/mol. The fourth-order valence-corrected chi connectivity index (χ4v) is 3.51. The van der Waals surface area contributed by atoms with E-state index >= 15 is 0 Å². The molecule has 0 spiro atoms. The predicted octanol–water partition coefficient (Wildman–Crippen LogP) is 3.59. The van der Waals surface area contributed by atoms with Gasteiger partial charge in [-0.3, -0.25) is 9.36 Å². The first kappa shape index (κ1) is 8.91. The first-order valence-corrected chi connectivity index (χ1v) is 9.43. The van der Waals surface area contributed by atoms with Gasteiger partial charge in [-0.2, -0.15) is 0 Å². The van der Waals surface area contributed by atoms with Crippen LogP contribution in [0.4, 0.5) is 4.39 Å². The van der Waals surface area contributed by atoms with E-state index < -0.39 is 109 Å². The van der Waals surface area contributed by atoms with Gasteiger partial charge in [-0.25, -0.2) is 9.37 Å². The number of aryl methyl sites for hydroxylation is 2. The molecule has 2 aromatic heterocycles. The van der Waals surface area contributed by atoms with Crippen LogP contribution in [0.3, 0.4) is 0 Å². The number of halogens is 1. The fraction of sp³-hybridized carbons (Fsp3) is 0.522. The first-order valence-electron chi connectivity index (χ1n) is 16.9. The molecule has 4 heterocycles. The van der Waals surface area contributed by atoms with E-state index in [1.165, 1.54) is 4.57 Å². The van der Waals surface area contributed by atoms with Gasteiger partial charge in [0.1, 0.15) is 11.6 Å². The zero-order chi connectivity index (χ0) is 33.9. The van der Waals surface area contributed by atoms with Crippen LogP contribution in [-0.4, -0.2) is 39.1 Å². The highest BCUT2D eigenvalue weighted by Gasteiger charge is 2.25. The molecule has 2 aliphatic heterocycles. The van der Waals surface area contributed by atoms with Crippen LogP contribution in [0, 0.1) is 12.7 Å². The second-order valence-electron chi connectivity index (χ2n) is 6.94. The third-order valence-corrected chi connectivity index (χ3v) is 5.04. The monoisotopic (exact) mass is 425 g/mol. The smallest absolute Gasteiger partial charge is 0.256 e. The number of hydrogen-bond acceptors (Lipinski definition) is 5. The third-order valence-electron chi connectivity index (χ3n) is 5.04. The van der Waals surface area contributed by atoms with Crippen LogP contribution in [0.15, 0.2) is 27.4 Å². The Balaban J connectivity index is 1.67. The summed E-state index contributed by atoms with van der Waals surface area (Å²) in [6, 6.07) is -3.35. The number of aromatic nitrogens is 3. The Morgan fingerprint density at radius 3 is 3.10 bits per heavy atom. The topological polar surface area (TPSA) is 64.2 Å². The van der Waals surface area contributed by atoms with Gasteiger partial charge in [-0.05, 0) is 63.9 Å². The maximum Gasteiger partial charge on any atom is 0.256 e. The second-order valence-corrected chi connectivity index (χ2v) is 6.94. The molecular formula is C23H27FN4O2. The molecule has 1 aromatic carbocycles. The summed E-state index contributed by atoms with van der Waals surface area (Å²) in [5.41, 5.74) is -3.73. The lowest BCUT2D eigenvalue weighted by atomic mass is 9.91. The molecule has 0 atom stereocenters. The second kappa shape index (κ2) is 7.95. The zero-order valence-electron chi connectivity index (χ0n) is 30.7. The number of piperidine rings is 1. The number of benzene rings is 1. The largest absolute Gasteiger partial charge is 0.356 e. The van der Waals surface area contributed by atoms with Gasteiger partial charge < -0.3 is 9.42 Å². The summed E-state index contributed by atoms with van der Waals surface area (Å²) in [4.78, 5) is 17.7. The molecule has 0 saturated carbocycles. The summed E-state index contributed by atoms with van der Waals surface area (Å²) in [5.74, 6) is -4.95. The molecule has 3 aromatic rings. The van der Waals surface area contributed by atoms with Crippen LogP contribution in [0.25, 0.3) is 11.0 Å². The van der Waals surface area contributed by atoms with Crippen molar-refractivity contribution in [2.75, 3.05) is 19.5 Å². The molecule has 1 saturated heterocycles. The summed E-state index contributed by atoms with van der Waals surface area (Å²) >= 11 is 0. The molecule has 7 heteroatoms. The van der Waals surface area contributed by atoms with Crippen molar-refractivity contribution in [1.82, 2.24) is 19.6 Å². The number of fused-ring (bicyclic) bond motifs is 2. The van der Waals surface area contributed by atoms with Gasteiger partial charge in [0.2, 0.25) is 0 Å². The maximum absolute atomic E-state index is 14.4. The fourth-order valence-electron chi connectivity index (χ4n) is 3.51. The third kappa shape index (κ3) is 3.55. The van der Waals surface area contributed by atoms with E-state index in [1.54, 1.807) is 0 Å². The van der Waals surface area contributed by atoms with E-state index in [2.05, 4.69) is 10.1 Å². The van der Waals surface area contributed by atoms with E-state index in [1.807, 2.05) is 0 Å². The molecule has 0 aliphatic carbocycles. The van der Waals surface area contributed by atoms with Crippen molar-refractivity contribution in [2.24, 2.45) is 0 Å². The Hall–Kier alpha value is -2.54. The lowest BCUT2D eigenvalue weighted by Crippen LogP contribution is -2.37. The average Bonchev–Trinajstić information content (AvgIpc) is 3.39. The van der Waals surface area contributed by atoms with Crippen molar-refractivity contribution < 1.29 is 29.5 Å². The number of likely N-dealkylation sites (tertiary alicyclic amines) is 1. The molecule has 1 fully saturated rings. The Morgan fingerprint density at radius 1 is 1.40 bits per heavy atom. The maximum atomic E-state index is 14.4. The average molecular weight is 426 g/mol. The molecule has 0 unspecified atom stereocenters. The van der Waals surface area contributed by atoms with Crippen LogP contribution in [0.2, 0.25) is 0 Å². The van der Waals surface area contributed by atoms with Gasteiger partial charge in [0, 0.05) is 64.5 Å². The van der Waals surface area contributed by atoms with Crippen molar-refractivity contribution >= 4 is 11.0 Å². The van der Waals surface area contributed by atoms with Gasteiger partial charge in [0.25, 0.3) is 5.56 Å². The van der Waals surface area contributed by atoms with Gasteiger partial charge in [-0.15, -0.1) is 0 Å². The molecule has 158 valence electrons. The summed E-state index contributed by atoms with van der Waals surface area (Å²) in [6.07, 6.45) is -6.58. The van der Waals surface area contributed by atoms with E-state index in [9.17, 15) is 9.18 Å². The highest BCUT2D eigenvalue weighted by Crippen LogP contribution is 2.32. The molecular weight excluding hydrogens is 383 g/mol. The highest BCUT2D eigenvalue weighted by molar-refractivity contribution is 5.79. The number of nitrogens with zero attached hydrogens (tertiary/aromatic N) is 4. The van der Waals surface area contributed by atoms with Crippen LogP contribution >= 0.6 is 0 Å². The molecule has 0 bridgehead atoms. The normalized spacial score (nSPS) is 33.6. The highest BCUT2D eigenvalue weighted by atomic mass is 19.1. The van der Waals surface area contributed by atoms with Crippen molar-refractivity contribution in [3.63, 3.8) is 0 Å². The minimum atomic E-state index is -3.76. The standard InChI is InChI=1S/C23H27FN4O2/c1-15-18(23(29)28-10-3-2-4-21(28)25-15)9-13-27-11-7-16(8-12-27)22-19-6-5-17(24)14-20(19)30-26-22/h5-6,14,16H,2-4,7-13H2,1H3/i1D3,5D,6D,7D2,8D2,11D2,12D2,14D,16D. The van der Waals surface area contributed by atoms with Crippen molar-refractivity contribution in [1.29, 1.82) is 0 Å². The Kier molecular flexibility index (Phi) is 2.36. The SMILES string of the molecule is [2H]c1c(F)c([2H])c2onc(C3([2H])C([2H])([2H])C([2H])([2H])N(CCc4c(C([2H])([2H])[2H])nc5n(c4=O)CCCC5)C([2H])([2H])C3([2H])[2H])c2c1[2H]. The number of rotatable bonds is 4. The zero-order valence-corrected chi connectivity index (χ0v) is 15.7. The molecule has 30 heavy (non-hydrogen) atoms. The van der Waals surface area contributed by atoms with Gasteiger partial charge >= 0.3 is 0 Å². The van der Waals surface area contributed by atoms with Gasteiger partial charge in [-0.1, -0.05) is 5.16 Å². The van der Waals surface area contributed by atoms with E-state index in [0.29, 0.717) is 19.3 Å². The molecule has 0 radical (unpaired) electrons. The minimum absolute atomic E-state index is 0.134. The summed E-state index contributed by atoms with van der Waals surface area (Å²) in [7, 11) is 0. The Morgan fingerprint density at radius 2 is 2.27 bits per heavy atom.